The van der Waals surface area contributed by atoms with Crippen LogP contribution in [0, 0.1) is 6.92 Å². The summed E-state index contributed by atoms with van der Waals surface area (Å²) in [7, 11) is 0. The van der Waals surface area contributed by atoms with Crippen molar-refractivity contribution in [1.29, 1.82) is 0 Å². The molecule has 1 aromatic heterocycles. The van der Waals surface area contributed by atoms with Gasteiger partial charge in [-0.1, -0.05) is 66.6 Å². The van der Waals surface area contributed by atoms with Crippen LogP contribution < -0.4 is 5.32 Å². The Morgan fingerprint density at radius 1 is 0.848 bits per heavy atom. The molecule has 4 heteroatoms. The number of fused-ring (bicyclic) bond motifs is 1. The Labute approximate surface area is 196 Å². The fourth-order valence-corrected chi connectivity index (χ4v) is 4.33. The zero-order chi connectivity index (χ0) is 22.9. The van der Waals surface area contributed by atoms with E-state index in [0.717, 1.165) is 61.7 Å². The Morgan fingerprint density at radius 3 is 2.52 bits per heavy atom. The van der Waals surface area contributed by atoms with Crippen molar-refractivity contribution in [1.82, 2.24) is 14.9 Å². The second-order valence-electron chi connectivity index (χ2n) is 8.69. The number of rotatable bonds is 11. The minimum atomic E-state index is 0.0129. The fraction of sp³-hybridized carbons (Fsp3) is 0.310. The van der Waals surface area contributed by atoms with Crippen LogP contribution in [0.2, 0.25) is 0 Å². The molecule has 4 aromatic rings. The predicted molar refractivity (Wildman–Crippen MR) is 136 cm³/mol. The van der Waals surface area contributed by atoms with Gasteiger partial charge in [0.25, 0.3) is 5.91 Å². The summed E-state index contributed by atoms with van der Waals surface area (Å²) in [5.41, 5.74) is 5.54. The summed E-state index contributed by atoms with van der Waals surface area (Å²) in [6.07, 6.45) is 6.26. The Bertz CT molecular complexity index is 1180. The summed E-state index contributed by atoms with van der Waals surface area (Å²) in [6.45, 7) is 3.70. The molecule has 4 rings (SSSR count). The van der Waals surface area contributed by atoms with Gasteiger partial charge in [0, 0.05) is 25.1 Å². The van der Waals surface area contributed by atoms with Crippen molar-refractivity contribution in [3.05, 3.63) is 101 Å². The molecule has 0 radical (unpaired) electrons. The molecule has 4 nitrogen and oxygen atoms in total. The third kappa shape index (κ3) is 6.32. The number of aryl methyl sites for hydroxylation is 4. The molecule has 0 spiro atoms. The van der Waals surface area contributed by atoms with Crippen LogP contribution in [0.15, 0.2) is 78.9 Å². The number of unbranched alkanes of at least 4 members (excludes halogenated alkanes) is 2. The first-order valence-electron chi connectivity index (χ1n) is 12.0. The molecule has 0 saturated carbocycles. The molecule has 0 bridgehead atoms. The zero-order valence-electron chi connectivity index (χ0n) is 19.5. The van der Waals surface area contributed by atoms with Crippen LogP contribution in [0.1, 0.15) is 53.0 Å². The van der Waals surface area contributed by atoms with Gasteiger partial charge in [-0.2, -0.15) is 0 Å². The summed E-state index contributed by atoms with van der Waals surface area (Å²) in [5.74, 6) is 1.19. The number of carbonyl (C=O) groups excluding carboxylic acids is 1. The van der Waals surface area contributed by atoms with Crippen LogP contribution in [-0.2, 0) is 19.4 Å². The van der Waals surface area contributed by atoms with Gasteiger partial charge in [0.2, 0.25) is 0 Å². The van der Waals surface area contributed by atoms with E-state index in [1.54, 1.807) is 0 Å². The van der Waals surface area contributed by atoms with Crippen LogP contribution >= 0.6 is 0 Å². The number of nitrogens with one attached hydrogen (secondary N) is 1. The van der Waals surface area contributed by atoms with Gasteiger partial charge < -0.3 is 9.88 Å². The standard InChI is InChI=1S/C29H33N3O/c1-23-12-10-16-25(22-23)29(33)30-20-9-3-6-19-28-31-26-17-7-8-18-27(26)32(28)21-11-15-24-13-4-2-5-14-24/h2,4-5,7-8,10,12-14,16-18,22H,3,6,9,11,15,19-21H2,1H3,(H,30,33). The normalized spacial score (nSPS) is 11.1. The quantitative estimate of drug-likeness (QED) is 0.286. The lowest BCUT2D eigenvalue weighted by molar-refractivity contribution is 0.0953. The number of imidazole rings is 1. The smallest absolute Gasteiger partial charge is 0.251 e. The average molecular weight is 440 g/mol. The van der Waals surface area contributed by atoms with E-state index in [4.69, 9.17) is 4.98 Å². The number of amides is 1. The van der Waals surface area contributed by atoms with Gasteiger partial charge in [0.1, 0.15) is 5.82 Å². The second kappa shape index (κ2) is 11.5. The van der Waals surface area contributed by atoms with Gasteiger partial charge >= 0.3 is 0 Å². The number of nitrogens with zero attached hydrogens (tertiary/aromatic N) is 2. The molecule has 0 aliphatic heterocycles. The lowest BCUT2D eigenvalue weighted by atomic mass is 10.1. The molecule has 1 amide bonds. The summed E-state index contributed by atoms with van der Waals surface area (Å²) in [5, 5.41) is 3.04. The van der Waals surface area contributed by atoms with Crippen molar-refractivity contribution in [2.45, 2.75) is 52.0 Å². The Balaban J connectivity index is 1.26. The van der Waals surface area contributed by atoms with Gasteiger partial charge in [-0.05, 0) is 62.4 Å². The van der Waals surface area contributed by atoms with Gasteiger partial charge in [-0.15, -0.1) is 0 Å². The molecule has 0 aliphatic rings. The van der Waals surface area contributed by atoms with Crippen LogP contribution in [0.4, 0.5) is 0 Å². The van der Waals surface area contributed by atoms with Crippen molar-refractivity contribution in [3.8, 4) is 0 Å². The average Bonchev–Trinajstić information content (AvgIpc) is 3.19. The number of benzene rings is 3. The first kappa shape index (κ1) is 22.8. The lowest BCUT2D eigenvalue weighted by Gasteiger charge is -2.10. The van der Waals surface area contributed by atoms with Gasteiger partial charge in [0.15, 0.2) is 0 Å². The predicted octanol–water partition coefficient (Wildman–Crippen LogP) is 6.12. The summed E-state index contributed by atoms with van der Waals surface area (Å²) < 4.78 is 2.40. The maximum atomic E-state index is 12.3. The molecular formula is C29H33N3O. The van der Waals surface area contributed by atoms with E-state index in [1.807, 2.05) is 31.2 Å². The van der Waals surface area contributed by atoms with Gasteiger partial charge in [-0.25, -0.2) is 4.98 Å². The molecule has 33 heavy (non-hydrogen) atoms. The van der Waals surface area contributed by atoms with Crippen molar-refractivity contribution >= 4 is 16.9 Å². The first-order chi connectivity index (χ1) is 16.2. The number of aromatic nitrogens is 2. The van der Waals surface area contributed by atoms with Crippen molar-refractivity contribution in [3.63, 3.8) is 0 Å². The third-order valence-electron chi connectivity index (χ3n) is 6.07. The van der Waals surface area contributed by atoms with Crippen LogP contribution in [0.25, 0.3) is 11.0 Å². The summed E-state index contributed by atoms with van der Waals surface area (Å²) in [4.78, 5) is 17.2. The zero-order valence-corrected chi connectivity index (χ0v) is 19.5. The Morgan fingerprint density at radius 2 is 1.67 bits per heavy atom. The van der Waals surface area contributed by atoms with E-state index < -0.39 is 0 Å². The number of para-hydroxylation sites is 2. The molecule has 170 valence electrons. The number of hydrogen-bond acceptors (Lipinski definition) is 2. The monoisotopic (exact) mass is 439 g/mol. The largest absolute Gasteiger partial charge is 0.352 e. The molecule has 3 aromatic carbocycles. The van der Waals surface area contributed by atoms with Crippen LogP contribution in [0.5, 0.6) is 0 Å². The molecule has 0 unspecified atom stereocenters. The SMILES string of the molecule is Cc1cccc(C(=O)NCCCCCc2nc3ccccc3n2CCCc2ccccc2)c1. The summed E-state index contributed by atoms with van der Waals surface area (Å²) >= 11 is 0. The Kier molecular flexibility index (Phi) is 7.91. The topological polar surface area (TPSA) is 46.9 Å². The molecule has 0 saturated heterocycles. The van der Waals surface area contributed by atoms with E-state index >= 15 is 0 Å². The summed E-state index contributed by atoms with van der Waals surface area (Å²) in [6, 6.07) is 26.8. The lowest BCUT2D eigenvalue weighted by Crippen LogP contribution is -2.24. The third-order valence-corrected chi connectivity index (χ3v) is 6.07. The molecule has 0 atom stereocenters. The van der Waals surface area contributed by atoms with E-state index in [2.05, 4.69) is 64.5 Å². The highest BCUT2D eigenvalue weighted by molar-refractivity contribution is 5.94. The van der Waals surface area contributed by atoms with Gasteiger partial charge in [0.05, 0.1) is 11.0 Å². The minimum Gasteiger partial charge on any atom is -0.352 e. The minimum absolute atomic E-state index is 0.0129. The highest BCUT2D eigenvalue weighted by atomic mass is 16.1. The van der Waals surface area contributed by atoms with E-state index in [9.17, 15) is 4.79 Å². The van der Waals surface area contributed by atoms with Crippen LogP contribution in [-0.4, -0.2) is 22.0 Å². The fourth-order valence-electron chi connectivity index (χ4n) is 4.33. The molecule has 0 fully saturated rings. The molecule has 1 heterocycles. The Hall–Kier alpha value is -3.40. The maximum Gasteiger partial charge on any atom is 0.251 e. The van der Waals surface area contributed by atoms with E-state index in [0.29, 0.717) is 6.54 Å². The van der Waals surface area contributed by atoms with E-state index in [1.165, 1.54) is 16.9 Å². The van der Waals surface area contributed by atoms with Crippen molar-refractivity contribution in [2.75, 3.05) is 6.54 Å². The number of carbonyl (C=O) groups is 1. The maximum absolute atomic E-state index is 12.3. The number of hydrogen-bond donors (Lipinski definition) is 1. The van der Waals surface area contributed by atoms with Gasteiger partial charge in [-0.3, -0.25) is 4.79 Å². The highest BCUT2D eigenvalue weighted by Crippen LogP contribution is 2.19. The first-order valence-corrected chi connectivity index (χ1v) is 12.0. The highest BCUT2D eigenvalue weighted by Gasteiger charge is 2.10. The molecule has 1 N–H and O–H groups in total. The van der Waals surface area contributed by atoms with E-state index in [-0.39, 0.29) is 5.91 Å². The molecule has 0 aliphatic carbocycles. The second-order valence-corrected chi connectivity index (χ2v) is 8.69. The van der Waals surface area contributed by atoms with Crippen LogP contribution in [0.3, 0.4) is 0 Å². The van der Waals surface area contributed by atoms with Crippen molar-refractivity contribution < 1.29 is 4.79 Å². The van der Waals surface area contributed by atoms with Crippen molar-refractivity contribution in [2.24, 2.45) is 0 Å². The molecular weight excluding hydrogens is 406 g/mol.